The maximum atomic E-state index is 5.19. The van der Waals surface area contributed by atoms with Gasteiger partial charge < -0.3 is 10.2 Å². The molecular weight excluding hydrogens is 236 g/mol. The van der Waals surface area contributed by atoms with Crippen molar-refractivity contribution >= 4 is 5.71 Å². The topological polar surface area (TPSA) is 33.6 Å². The van der Waals surface area contributed by atoms with E-state index in [0.717, 1.165) is 23.6 Å². The first-order valence-electron chi connectivity index (χ1n) is 6.38. The summed E-state index contributed by atoms with van der Waals surface area (Å²) in [6, 6.07) is 18.5. The largest absolute Gasteiger partial charge is 0.497 e. The summed E-state index contributed by atoms with van der Waals surface area (Å²) in [5, 5.41) is 4.45. The van der Waals surface area contributed by atoms with E-state index in [2.05, 4.69) is 46.9 Å². The third kappa shape index (κ3) is 2.32. The van der Waals surface area contributed by atoms with Gasteiger partial charge in [-0.2, -0.15) is 5.10 Å². The number of nitrogens with zero attached hydrogens (tertiary/aromatic N) is 1. The second-order valence-corrected chi connectivity index (χ2v) is 4.55. The molecule has 1 aliphatic rings. The van der Waals surface area contributed by atoms with Crippen LogP contribution in [-0.2, 0) is 0 Å². The summed E-state index contributed by atoms with van der Waals surface area (Å²) in [5.41, 5.74) is 6.63. The van der Waals surface area contributed by atoms with E-state index in [0.29, 0.717) is 5.92 Å². The Morgan fingerprint density at radius 1 is 1.05 bits per heavy atom. The van der Waals surface area contributed by atoms with Crippen LogP contribution >= 0.6 is 0 Å². The lowest BCUT2D eigenvalue weighted by Crippen LogP contribution is -2.14. The molecule has 1 aliphatic heterocycles. The van der Waals surface area contributed by atoms with Gasteiger partial charge in [-0.05, 0) is 35.4 Å². The highest BCUT2D eigenvalue weighted by atomic mass is 16.5. The van der Waals surface area contributed by atoms with Crippen molar-refractivity contribution in [3.8, 4) is 5.75 Å². The van der Waals surface area contributed by atoms with Crippen molar-refractivity contribution in [2.75, 3.05) is 13.7 Å². The van der Waals surface area contributed by atoms with Gasteiger partial charge in [0.05, 0.1) is 12.8 Å². The van der Waals surface area contributed by atoms with E-state index >= 15 is 0 Å². The van der Waals surface area contributed by atoms with Gasteiger partial charge in [-0.15, -0.1) is 0 Å². The molecular formula is C16H16N2O. The predicted octanol–water partition coefficient (Wildman–Crippen LogP) is 2.79. The third-order valence-corrected chi connectivity index (χ3v) is 3.41. The molecule has 0 fully saturated rings. The van der Waals surface area contributed by atoms with Crippen molar-refractivity contribution in [3.63, 3.8) is 0 Å². The van der Waals surface area contributed by atoms with Crippen molar-refractivity contribution in [3.05, 3.63) is 65.7 Å². The Kier molecular flexibility index (Phi) is 3.19. The standard InChI is InChI=1S/C16H16N2O/c1-19-14-9-7-13(8-10-14)16-15(11-17-18-16)12-5-3-2-4-6-12/h2-10,15,17H,11H2,1H3/t15-/m1/s1. The second-order valence-electron chi connectivity index (χ2n) is 4.55. The van der Waals surface area contributed by atoms with Gasteiger partial charge in [0.2, 0.25) is 0 Å². The number of rotatable bonds is 3. The van der Waals surface area contributed by atoms with Gasteiger partial charge in [-0.25, -0.2) is 0 Å². The molecule has 3 heteroatoms. The van der Waals surface area contributed by atoms with Crippen molar-refractivity contribution in [2.24, 2.45) is 5.10 Å². The van der Waals surface area contributed by atoms with Crippen LogP contribution in [0.5, 0.6) is 5.75 Å². The molecule has 3 rings (SSSR count). The Bertz CT molecular complexity index is 575. The number of ether oxygens (including phenoxy) is 1. The highest BCUT2D eigenvalue weighted by molar-refractivity contribution is 6.06. The first-order valence-corrected chi connectivity index (χ1v) is 6.38. The Morgan fingerprint density at radius 3 is 2.47 bits per heavy atom. The molecule has 2 aromatic carbocycles. The van der Waals surface area contributed by atoms with Gasteiger partial charge in [0, 0.05) is 12.5 Å². The van der Waals surface area contributed by atoms with Gasteiger partial charge in [-0.1, -0.05) is 30.3 Å². The van der Waals surface area contributed by atoms with Crippen LogP contribution in [0.3, 0.4) is 0 Å². The molecule has 0 amide bonds. The van der Waals surface area contributed by atoms with Crippen LogP contribution in [-0.4, -0.2) is 19.4 Å². The summed E-state index contributed by atoms with van der Waals surface area (Å²) in [7, 11) is 1.68. The number of nitrogens with one attached hydrogen (secondary N) is 1. The van der Waals surface area contributed by atoms with Crippen LogP contribution in [0.15, 0.2) is 59.7 Å². The lowest BCUT2D eigenvalue weighted by Gasteiger charge is -2.12. The fourth-order valence-electron chi connectivity index (χ4n) is 2.39. The maximum absolute atomic E-state index is 5.19. The zero-order valence-corrected chi connectivity index (χ0v) is 10.8. The third-order valence-electron chi connectivity index (χ3n) is 3.41. The van der Waals surface area contributed by atoms with Crippen LogP contribution < -0.4 is 10.2 Å². The van der Waals surface area contributed by atoms with Crippen molar-refractivity contribution in [2.45, 2.75) is 5.92 Å². The molecule has 0 aliphatic carbocycles. The minimum Gasteiger partial charge on any atom is -0.497 e. The quantitative estimate of drug-likeness (QED) is 0.911. The van der Waals surface area contributed by atoms with Crippen molar-refractivity contribution < 1.29 is 4.74 Å². The van der Waals surface area contributed by atoms with Crippen LogP contribution in [0, 0.1) is 0 Å². The number of hydrogen-bond acceptors (Lipinski definition) is 3. The SMILES string of the molecule is COc1ccc(C2=NNC[C@@H]2c2ccccc2)cc1. The zero-order valence-electron chi connectivity index (χ0n) is 10.8. The monoisotopic (exact) mass is 252 g/mol. The van der Waals surface area contributed by atoms with Crippen molar-refractivity contribution in [1.82, 2.24) is 5.43 Å². The van der Waals surface area contributed by atoms with Crippen LogP contribution in [0.1, 0.15) is 17.0 Å². The van der Waals surface area contributed by atoms with E-state index < -0.39 is 0 Å². The van der Waals surface area contributed by atoms with Crippen LogP contribution in [0.25, 0.3) is 0 Å². The molecule has 0 unspecified atom stereocenters. The van der Waals surface area contributed by atoms with Gasteiger partial charge in [0.1, 0.15) is 5.75 Å². The first kappa shape index (κ1) is 11.8. The minimum absolute atomic E-state index is 0.314. The summed E-state index contributed by atoms with van der Waals surface area (Å²) in [4.78, 5) is 0. The van der Waals surface area contributed by atoms with Gasteiger partial charge in [0.25, 0.3) is 0 Å². The summed E-state index contributed by atoms with van der Waals surface area (Å²) in [5.74, 6) is 1.18. The Hall–Kier alpha value is -2.29. The smallest absolute Gasteiger partial charge is 0.118 e. The lowest BCUT2D eigenvalue weighted by atomic mass is 9.91. The summed E-state index contributed by atoms with van der Waals surface area (Å²) in [6.07, 6.45) is 0. The summed E-state index contributed by atoms with van der Waals surface area (Å²) < 4.78 is 5.19. The highest BCUT2D eigenvalue weighted by Crippen LogP contribution is 2.25. The number of hydrazone groups is 1. The first-order chi connectivity index (χ1) is 9.38. The maximum Gasteiger partial charge on any atom is 0.118 e. The fourth-order valence-corrected chi connectivity index (χ4v) is 2.39. The molecule has 0 aromatic heterocycles. The number of methoxy groups -OCH3 is 1. The lowest BCUT2D eigenvalue weighted by molar-refractivity contribution is 0.415. The molecule has 0 saturated carbocycles. The molecule has 2 aromatic rings. The Morgan fingerprint density at radius 2 is 1.79 bits per heavy atom. The fraction of sp³-hybridized carbons (Fsp3) is 0.188. The normalized spacial score (nSPS) is 17.7. The van der Waals surface area contributed by atoms with Crippen LogP contribution in [0.4, 0.5) is 0 Å². The Balaban J connectivity index is 1.90. The number of benzene rings is 2. The molecule has 0 saturated heterocycles. The van der Waals surface area contributed by atoms with E-state index in [9.17, 15) is 0 Å². The number of hydrogen-bond donors (Lipinski definition) is 1. The predicted molar refractivity (Wildman–Crippen MR) is 76.7 cm³/mol. The molecule has 96 valence electrons. The molecule has 19 heavy (non-hydrogen) atoms. The van der Waals surface area contributed by atoms with E-state index in [-0.39, 0.29) is 0 Å². The average molecular weight is 252 g/mol. The molecule has 3 nitrogen and oxygen atoms in total. The molecule has 0 radical (unpaired) electrons. The van der Waals surface area contributed by atoms with Gasteiger partial charge in [0.15, 0.2) is 0 Å². The molecule has 1 N–H and O–H groups in total. The van der Waals surface area contributed by atoms with E-state index in [4.69, 9.17) is 4.74 Å². The molecule has 0 spiro atoms. The Labute approximate surface area is 112 Å². The van der Waals surface area contributed by atoms with E-state index in [1.807, 2.05) is 18.2 Å². The zero-order chi connectivity index (χ0) is 13.1. The summed E-state index contributed by atoms with van der Waals surface area (Å²) in [6.45, 7) is 0.853. The van der Waals surface area contributed by atoms with Crippen molar-refractivity contribution in [1.29, 1.82) is 0 Å². The second kappa shape index (κ2) is 5.14. The van der Waals surface area contributed by atoms with Crippen LogP contribution in [0.2, 0.25) is 0 Å². The molecule has 1 heterocycles. The summed E-state index contributed by atoms with van der Waals surface area (Å²) >= 11 is 0. The highest BCUT2D eigenvalue weighted by Gasteiger charge is 2.24. The molecule has 1 atom stereocenters. The van der Waals surface area contributed by atoms with E-state index in [1.54, 1.807) is 7.11 Å². The van der Waals surface area contributed by atoms with Gasteiger partial charge >= 0.3 is 0 Å². The van der Waals surface area contributed by atoms with Gasteiger partial charge in [-0.3, -0.25) is 0 Å². The van der Waals surface area contributed by atoms with E-state index in [1.165, 1.54) is 5.56 Å². The minimum atomic E-state index is 0.314. The average Bonchev–Trinajstić information content (AvgIpc) is 2.98. The molecule has 0 bridgehead atoms.